The maximum Gasteiger partial charge on any atom is 0.143 e. The van der Waals surface area contributed by atoms with Crippen molar-refractivity contribution in [3.63, 3.8) is 0 Å². The van der Waals surface area contributed by atoms with E-state index in [1.807, 2.05) is 30.3 Å². The predicted molar refractivity (Wildman–Crippen MR) is 189 cm³/mol. The smallest absolute Gasteiger partial charge is 0.143 e. The molecule has 0 amide bonds. The molecule has 45 heavy (non-hydrogen) atoms. The van der Waals surface area contributed by atoms with Gasteiger partial charge in [0.2, 0.25) is 0 Å². The SMILES string of the molecule is [2H]c1c([2H])c([2H])c(-c2cc(-c3ccc4cccc5c4c3Oc3ccccc3-5)cc(-c3ccc4ccc5cccc6ccc3c4c56)c2)c([2H])c1[2H]. The largest absolute Gasteiger partial charge is 0.455 e. The van der Waals surface area contributed by atoms with Gasteiger partial charge in [0, 0.05) is 16.5 Å². The number of benzene rings is 9. The van der Waals surface area contributed by atoms with E-state index in [0.29, 0.717) is 5.56 Å². The molecule has 10 rings (SSSR count). The second-order valence-corrected chi connectivity index (χ2v) is 11.7. The van der Waals surface area contributed by atoms with E-state index in [1.165, 1.54) is 21.5 Å². The Kier molecular flexibility index (Phi) is 4.15. The maximum absolute atomic E-state index is 8.90. The van der Waals surface area contributed by atoms with Crippen LogP contribution in [0.4, 0.5) is 0 Å². The van der Waals surface area contributed by atoms with Crippen LogP contribution in [0.2, 0.25) is 0 Å². The maximum atomic E-state index is 8.90. The third-order valence-corrected chi connectivity index (χ3v) is 9.26. The van der Waals surface area contributed by atoms with E-state index in [0.717, 1.165) is 66.4 Å². The van der Waals surface area contributed by atoms with Crippen LogP contribution in [0.3, 0.4) is 0 Å². The van der Waals surface area contributed by atoms with E-state index < -0.39 is 6.04 Å². The third-order valence-electron chi connectivity index (χ3n) is 9.26. The van der Waals surface area contributed by atoms with Gasteiger partial charge in [-0.3, -0.25) is 0 Å². The minimum atomic E-state index is -0.412. The second kappa shape index (κ2) is 9.29. The Bertz CT molecular complexity index is 2870. The van der Waals surface area contributed by atoms with Gasteiger partial charge in [0.1, 0.15) is 11.5 Å². The van der Waals surface area contributed by atoms with Crippen molar-refractivity contribution >= 4 is 43.1 Å². The van der Waals surface area contributed by atoms with Gasteiger partial charge in [-0.25, -0.2) is 0 Å². The van der Waals surface area contributed by atoms with Crippen molar-refractivity contribution in [3.8, 4) is 56.0 Å². The van der Waals surface area contributed by atoms with Gasteiger partial charge >= 0.3 is 0 Å². The normalized spacial score (nSPS) is 13.7. The fourth-order valence-corrected chi connectivity index (χ4v) is 7.26. The van der Waals surface area contributed by atoms with E-state index in [2.05, 4.69) is 97.1 Å². The number of fused-ring (bicyclic) bond motifs is 2. The van der Waals surface area contributed by atoms with Crippen LogP contribution in [0.5, 0.6) is 11.5 Å². The Balaban J connectivity index is 1.30. The molecular weight excluding hydrogens is 544 g/mol. The highest BCUT2D eigenvalue weighted by Gasteiger charge is 2.23. The van der Waals surface area contributed by atoms with Crippen LogP contribution in [0, 0.1) is 0 Å². The Labute approximate surface area is 267 Å². The first-order chi connectivity index (χ1) is 24.4. The predicted octanol–water partition coefficient (Wildman–Crippen LogP) is 12.5. The van der Waals surface area contributed by atoms with Gasteiger partial charge in [0.25, 0.3) is 0 Å². The van der Waals surface area contributed by atoms with Crippen LogP contribution in [0.15, 0.2) is 158 Å². The van der Waals surface area contributed by atoms with Gasteiger partial charge in [-0.2, -0.15) is 0 Å². The first-order valence-electron chi connectivity index (χ1n) is 17.6. The van der Waals surface area contributed by atoms with Crippen molar-refractivity contribution in [2.75, 3.05) is 0 Å². The van der Waals surface area contributed by atoms with Gasteiger partial charge in [-0.1, -0.05) is 127 Å². The molecule has 1 aliphatic rings. The topological polar surface area (TPSA) is 9.23 Å². The molecule has 1 heteroatoms. The summed E-state index contributed by atoms with van der Waals surface area (Å²) in [5, 5.41) is 9.05. The van der Waals surface area contributed by atoms with Gasteiger partial charge < -0.3 is 4.74 Å². The van der Waals surface area contributed by atoms with Crippen molar-refractivity contribution in [2.45, 2.75) is 0 Å². The molecule has 0 spiro atoms. The minimum Gasteiger partial charge on any atom is -0.455 e. The summed E-state index contributed by atoms with van der Waals surface area (Å²) in [6.07, 6.45) is 0. The summed E-state index contributed by atoms with van der Waals surface area (Å²) in [6.45, 7) is 0. The molecule has 0 radical (unpaired) electrons. The van der Waals surface area contributed by atoms with Crippen LogP contribution < -0.4 is 4.74 Å². The molecule has 1 aliphatic heterocycles. The van der Waals surface area contributed by atoms with Crippen molar-refractivity contribution < 1.29 is 11.6 Å². The molecule has 0 bridgehead atoms. The summed E-state index contributed by atoms with van der Waals surface area (Å²) >= 11 is 0. The quantitative estimate of drug-likeness (QED) is 0.190. The second-order valence-electron chi connectivity index (χ2n) is 11.7. The summed E-state index contributed by atoms with van der Waals surface area (Å²) in [4.78, 5) is 0. The number of hydrogen-bond donors (Lipinski definition) is 0. The van der Waals surface area contributed by atoms with Crippen LogP contribution in [0.25, 0.3) is 87.6 Å². The highest BCUT2D eigenvalue weighted by Crippen LogP contribution is 2.51. The molecule has 0 aromatic heterocycles. The van der Waals surface area contributed by atoms with E-state index in [-0.39, 0.29) is 29.7 Å². The lowest BCUT2D eigenvalue weighted by atomic mass is 9.86. The molecule has 0 unspecified atom stereocenters. The average Bonchev–Trinajstić information content (AvgIpc) is 3.15. The van der Waals surface area contributed by atoms with Crippen LogP contribution in [-0.4, -0.2) is 0 Å². The molecule has 0 atom stereocenters. The fraction of sp³-hybridized carbons (Fsp3) is 0. The highest BCUT2D eigenvalue weighted by molar-refractivity contribution is 6.25. The monoisotopic (exact) mass is 575 g/mol. The van der Waals surface area contributed by atoms with Gasteiger partial charge in [0.05, 0.1) is 6.85 Å². The number of para-hydroxylation sites is 1. The van der Waals surface area contributed by atoms with Crippen LogP contribution in [0.1, 0.15) is 6.85 Å². The first-order valence-corrected chi connectivity index (χ1v) is 15.1. The molecule has 208 valence electrons. The number of hydrogen-bond acceptors (Lipinski definition) is 1. The Hall–Kier alpha value is -5.92. The molecule has 1 nitrogen and oxygen atoms in total. The zero-order valence-electron chi connectivity index (χ0n) is 29.0. The molecule has 0 saturated heterocycles. The lowest BCUT2D eigenvalue weighted by Gasteiger charge is -2.24. The molecule has 0 N–H and O–H groups in total. The van der Waals surface area contributed by atoms with Crippen molar-refractivity contribution in [3.05, 3.63) is 158 Å². The first kappa shape index (κ1) is 20.1. The molecule has 9 aromatic carbocycles. The molecule has 1 heterocycles. The number of ether oxygens (including phenoxy) is 1. The summed E-state index contributed by atoms with van der Waals surface area (Å²) in [7, 11) is 0. The van der Waals surface area contributed by atoms with E-state index >= 15 is 0 Å². The molecule has 0 fully saturated rings. The molecule has 9 aromatic rings. The molecular formula is C44H26O. The van der Waals surface area contributed by atoms with E-state index in [1.54, 1.807) is 0 Å². The third kappa shape index (κ3) is 3.62. The van der Waals surface area contributed by atoms with Crippen molar-refractivity contribution in [2.24, 2.45) is 0 Å². The zero-order chi connectivity index (χ0) is 33.8. The molecule has 0 aliphatic carbocycles. The van der Waals surface area contributed by atoms with E-state index in [4.69, 9.17) is 11.6 Å². The van der Waals surface area contributed by atoms with Gasteiger partial charge in [0.15, 0.2) is 0 Å². The van der Waals surface area contributed by atoms with E-state index in [9.17, 15) is 0 Å². The Morgan fingerprint density at radius 1 is 0.400 bits per heavy atom. The summed E-state index contributed by atoms with van der Waals surface area (Å²) in [5.41, 5.74) is 6.37. The zero-order valence-corrected chi connectivity index (χ0v) is 24.0. The van der Waals surface area contributed by atoms with Gasteiger partial charge in [-0.05, 0) is 101 Å². The van der Waals surface area contributed by atoms with Crippen LogP contribution >= 0.6 is 0 Å². The Morgan fingerprint density at radius 2 is 1.00 bits per heavy atom. The van der Waals surface area contributed by atoms with Crippen LogP contribution in [-0.2, 0) is 0 Å². The number of rotatable bonds is 3. The lowest BCUT2D eigenvalue weighted by molar-refractivity contribution is 0.489. The minimum absolute atomic E-state index is 0.165. The summed E-state index contributed by atoms with van der Waals surface area (Å²) in [5.74, 6) is 1.50. The lowest BCUT2D eigenvalue weighted by Crippen LogP contribution is -1.99. The summed E-state index contributed by atoms with van der Waals surface area (Å²) in [6, 6.07) is 42.2. The molecule has 0 saturated carbocycles. The van der Waals surface area contributed by atoms with Crippen molar-refractivity contribution in [1.29, 1.82) is 0 Å². The van der Waals surface area contributed by atoms with Gasteiger partial charge in [-0.15, -0.1) is 0 Å². The standard InChI is InChI=1S/C44H26O/c1-2-8-27(9-3-1)32-24-33(35-21-18-31-17-16-28-10-6-11-29-20-23-39(35)42(31)41(28)29)26-34(25-32)36-22-19-30-12-7-14-38-37-13-4-5-15-40(37)45-44(36)43(30)38/h1-26H/i1D,2D,3D,8D,9D. The Morgan fingerprint density at radius 3 is 1.82 bits per heavy atom. The highest BCUT2D eigenvalue weighted by atomic mass is 16.5. The fourth-order valence-electron chi connectivity index (χ4n) is 7.26. The van der Waals surface area contributed by atoms with Crippen molar-refractivity contribution in [1.82, 2.24) is 0 Å². The average molecular weight is 576 g/mol. The summed E-state index contributed by atoms with van der Waals surface area (Å²) < 4.78 is 49.7.